The largest absolute Gasteiger partial charge is 0.508 e. The Morgan fingerprint density at radius 1 is 0.952 bits per heavy atom. The third-order valence-electron chi connectivity index (χ3n) is 2.81. The first-order chi connectivity index (χ1) is 10.1. The van der Waals surface area contributed by atoms with Gasteiger partial charge in [0, 0.05) is 18.6 Å². The van der Waals surface area contributed by atoms with Crippen LogP contribution in [-0.4, -0.2) is 21.6 Å². The zero-order valence-corrected chi connectivity index (χ0v) is 11.1. The van der Waals surface area contributed by atoms with Crippen molar-refractivity contribution < 1.29 is 20.1 Å². The van der Waals surface area contributed by atoms with Crippen LogP contribution in [0.3, 0.4) is 0 Å². The van der Waals surface area contributed by atoms with Gasteiger partial charge in [0.2, 0.25) is 0 Å². The van der Waals surface area contributed by atoms with E-state index in [2.05, 4.69) is 10.2 Å². The third kappa shape index (κ3) is 3.79. The number of phenolic OH excluding ortho intramolecular Hbond substituents is 3. The second-order valence-corrected chi connectivity index (χ2v) is 4.40. The molecule has 0 saturated heterocycles. The summed E-state index contributed by atoms with van der Waals surface area (Å²) in [5.74, 6) is -0.985. The van der Waals surface area contributed by atoms with Crippen molar-refractivity contribution >= 4 is 17.7 Å². The van der Waals surface area contributed by atoms with Gasteiger partial charge in [0.25, 0.3) is 0 Å². The van der Waals surface area contributed by atoms with E-state index in [1.54, 1.807) is 12.1 Å². The number of phenols is 3. The Kier molecular flexibility index (Phi) is 4.50. The zero-order valence-electron chi connectivity index (χ0n) is 11.1. The monoisotopic (exact) mass is 286 g/mol. The van der Waals surface area contributed by atoms with E-state index in [0.717, 1.165) is 24.0 Å². The SMILES string of the molecule is O=CCCc1ccc(N=Nc2c(O)cc(O)cc2O)cc1. The molecule has 0 fully saturated rings. The molecule has 0 amide bonds. The van der Waals surface area contributed by atoms with Crippen LogP contribution in [0.5, 0.6) is 17.2 Å². The van der Waals surface area contributed by atoms with E-state index in [-0.39, 0.29) is 22.9 Å². The molecule has 0 aromatic heterocycles. The summed E-state index contributed by atoms with van der Waals surface area (Å²) in [7, 11) is 0. The fourth-order valence-electron chi connectivity index (χ4n) is 1.75. The number of benzene rings is 2. The van der Waals surface area contributed by atoms with Crippen LogP contribution in [0.4, 0.5) is 11.4 Å². The summed E-state index contributed by atoms with van der Waals surface area (Å²) in [6, 6.07) is 9.23. The van der Waals surface area contributed by atoms with E-state index in [1.807, 2.05) is 12.1 Å². The molecule has 2 rings (SSSR count). The Balaban J connectivity index is 2.16. The molecule has 0 heterocycles. The summed E-state index contributed by atoms with van der Waals surface area (Å²) in [4.78, 5) is 10.3. The van der Waals surface area contributed by atoms with Gasteiger partial charge in [-0.05, 0) is 24.1 Å². The van der Waals surface area contributed by atoms with Crippen LogP contribution >= 0.6 is 0 Å². The topological polar surface area (TPSA) is 102 Å². The average Bonchev–Trinajstić information content (AvgIpc) is 2.45. The minimum atomic E-state index is -0.362. The first-order valence-electron chi connectivity index (χ1n) is 6.29. The van der Waals surface area contributed by atoms with Crippen LogP contribution in [0, 0.1) is 0 Å². The van der Waals surface area contributed by atoms with Gasteiger partial charge in [-0.25, -0.2) is 0 Å². The minimum absolute atomic E-state index is 0.113. The number of azo groups is 1. The van der Waals surface area contributed by atoms with Gasteiger partial charge >= 0.3 is 0 Å². The Hall–Kier alpha value is -2.89. The van der Waals surface area contributed by atoms with Crippen molar-refractivity contribution in [2.75, 3.05) is 0 Å². The van der Waals surface area contributed by atoms with E-state index in [9.17, 15) is 20.1 Å². The number of nitrogens with zero attached hydrogens (tertiary/aromatic N) is 2. The lowest BCUT2D eigenvalue weighted by Crippen LogP contribution is -1.84. The summed E-state index contributed by atoms with van der Waals surface area (Å²) in [5, 5.41) is 36.0. The highest BCUT2D eigenvalue weighted by Crippen LogP contribution is 2.40. The molecule has 3 N–H and O–H groups in total. The molecular weight excluding hydrogens is 272 g/mol. The molecule has 6 heteroatoms. The smallest absolute Gasteiger partial charge is 0.169 e. The fraction of sp³-hybridized carbons (Fsp3) is 0.133. The number of aromatic hydroxyl groups is 3. The molecule has 2 aromatic carbocycles. The fourth-order valence-corrected chi connectivity index (χ4v) is 1.75. The molecule has 0 aliphatic carbocycles. The number of aryl methyl sites for hydroxylation is 1. The number of aldehydes is 1. The number of hydrogen-bond acceptors (Lipinski definition) is 6. The zero-order chi connectivity index (χ0) is 15.2. The highest BCUT2D eigenvalue weighted by atomic mass is 16.3. The van der Waals surface area contributed by atoms with Gasteiger partial charge in [-0.1, -0.05) is 12.1 Å². The molecule has 6 nitrogen and oxygen atoms in total. The second-order valence-electron chi connectivity index (χ2n) is 4.40. The van der Waals surface area contributed by atoms with E-state index in [1.165, 1.54) is 0 Å². The van der Waals surface area contributed by atoms with Crippen molar-refractivity contribution in [2.24, 2.45) is 10.2 Å². The molecule has 0 atom stereocenters. The molecule has 108 valence electrons. The van der Waals surface area contributed by atoms with Gasteiger partial charge in [0.15, 0.2) is 17.2 Å². The molecule has 0 bridgehead atoms. The average molecular weight is 286 g/mol. The summed E-state index contributed by atoms with van der Waals surface area (Å²) >= 11 is 0. The molecule has 0 radical (unpaired) electrons. The third-order valence-corrected chi connectivity index (χ3v) is 2.81. The number of carbonyl (C=O) groups is 1. The lowest BCUT2D eigenvalue weighted by molar-refractivity contribution is -0.107. The minimum Gasteiger partial charge on any atom is -0.508 e. The van der Waals surface area contributed by atoms with E-state index < -0.39 is 0 Å². The van der Waals surface area contributed by atoms with Crippen LogP contribution in [0.15, 0.2) is 46.6 Å². The normalized spacial score (nSPS) is 10.9. The van der Waals surface area contributed by atoms with Crippen molar-refractivity contribution in [3.63, 3.8) is 0 Å². The maximum absolute atomic E-state index is 10.3. The Morgan fingerprint density at radius 3 is 2.14 bits per heavy atom. The van der Waals surface area contributed by atoms with Crippen molar-refractivity contribution in [3.8, 4) is 17.2 Å². The lowest BCUT2D eigenvalue weighted by Gasteiger charge is -2.02. The van der Waals surface area contributed by atoms with Crippen molar-refractivity contribution in [3.05, 3.63) is 42.0 Å². The first-order valence-corrected chi connectivity index (χ1v) is 6.29. The number of rotatable bonds is 5. The molecule has 0 aliphatic rings. The summed E-state index contributed by atoms with van der Waals surface area (Å²) in [5.41, 5.74) is 1.44. The highest BCUT2D eigenvalue weighted by Gasteiger charge is 2.08. The van der Waals surface area contributed by atoms with E-state index >= 15 is 0 Å². The molecular formula is C15H14N2O4. The summed E-state index contributed by atoms with van der Waals surface area (Å²) in [6.07, 6.45) is 2.00. The second kappa shape index (κ2) is 6.51. The lowest BCUT2D eigenvalue weighted by atomic mass is 10.1. The number of carbonyl (C=O) groups excluding carboxylic acids is 1. The van der Waals surface area contributed by atoms with Crippen molar-refractivity contribution in [1.82, 2.24) is 0 Å². The molecule has 0 saturated carbocycles. The predicted molar refractivity (Wildman–Crippen MR) is 76.4 cm³/mol. The molecule has 0 unspecified atom stereocenters. The van der Waals surface area contributed by atoms with Crippen LogP contribution in [0.2, 0.25) is 0 Å². The molecule has 0 spiro atoms. The predicted octanol–water partition coefficient (Wildman–Crippen LogP) is 3.35. The van der Waals surface area contributed by atoms with E-state index in [0.29, 0.717) is 18.5 Å². The quantitative estimate of drug-likeness (QED) is 0.579. The Bertz CT molecular complexity index is 643. The summed E-state index contributed by atoms with van der Waals surface area (Å²) in [6.45, 7) is 0. The van der Waals surface area contributed by atoms with Crippen LogP contribution in [-0.2, 0) is 11.2 Å². The Labute approximate surface area is 121 Å². The highest BCUT2D eigenvalue weighted by molar-refractivity contribution is 5.63. The van der Waals surface area contributed by atoms with Gasteiger partial charge < -0.3 is 20.1 Å². The molecule has 0 aliphatic heterocycles. The maximum Gasteiger partial charge on any atom is 0.169 e. The summed E-state index contributed by atoms with van der Waals surface area (Å²) < 4.78 is 0. The van der Waals surface area contributed by atoms with Gasteiger partial charge in [-0.3, -0.25) is 0 Å². The van der Waals surface area contributed by atoms with E-state index in [4.69, 9.17) is 0 Å². The van der Waals surface area contributed by atoms with Crippen LogP contribution in [0.25, 0.3) is 0 Å². The van der Waals surface area contributed by atoms with Crippen molar-refractivity contribution in [2.45, 2.75) is 12.8 Å². The standard InChI is InChI=1S/C15H14N2O4/c18-7-1-2-10-3-5-11(6-4-10)16-17-15-13(20)8-12(19)9-14(15)21/h3-9,19-21H,1-2H2. The van der Waals surface area contributed by atoms with Gasteiger partial charge in [0.05, 0.1) is 5.69 Å². The first kappa shape index (κ1) is 14.5. The number of hydrogen-bond donors (Lipinski definition) is 3. The maximum atomic E-state index is 10.3. The van der Waals surface area contributed by atoms with Gasteiger partial charge in [0.1, 0.15) is 12.0 Å². The van der Waals surface area contributed by atoms with Crippen LogP contribution in [0.1, 0.15) is 12.0 Å². The van der Waals surface area contributed by atoms with Gasteiger partial charge in [-0.2, -0.15) is 5.11 Å². The molecule has 21 heavy (non-hydrogen) atoms. The van der Waals surface area contributed by atoms with Crippen LogP contribution < -0.4 is 0 Å². The van der Waals surface area contributed by atoms with Crippen molar-refractivity contribution in [1.29, 1.82) is 0 Å². The Morgan fingerprint density at radius 2 is 1.57 bits per heavy atom. The molecule has 2 aromatic rings. The van der Waals surface area contributed by atoms with Gasteiger partial charge in [-0.15, -0.1) is 5.11 Å².